The second-order valence-corrected chi connectivity index (χ2v) is 4.93. The van der Waals surface area contributed by atoms with Crippen LogP contribution in [0.1, 0.15) is 12.5 Å². The maximum Gasteiger partial charge on any atom is 0.242 e. The van der Waals surface area contributed by atoms with Crippen LogP contribution in [0.2, 0.25) is 5.02 Å². The predicted octanol–water partition coefficient (Wildman–Crippen LogP) is 3.63. The van der Waals surface area contributed by atoms with E-state index in [0.29, 0.717) is 11.6 Å². The van der Waals surface area contributed by atoms with Crippen LogP contribution in [0.4, 0.5) is 11.4 Å². The Kier molecular flexibility index (Phi) is 2.91. The van der Waals surface area contributed by atoms with E-state index < -0.39 is 0 Å². The summed E-state index contributed by atoms with van der Waals surface area (Å²) >= 11 is 5.91. The lowest BCUT2D eigenvalue weighted by Crippen LogP contribution is -2.41. The van der Waals surface area contributed by atoms with Gasteiger partial charge in [-0.3, -0.25) is 9.80 Å². The number of amides is 1. The molecule has 19 heavy (non-hydrogen) atoms. The van der Waals surface area contributed by atoms with Gasteiger partial charge < -0.3 is 0 Å². The molecule has 0 atom stereocenters. The van der Waals surface area contributed by atoms with E-state index >= 15 is 0 Å². The van der Waals surface area contributed by atoms with Crippen molar-refractivity contribution < 1.29 is 4.79 Å². The van der Waals surface area contributed by atoms with E-state index in [1.54, 1.807) is 11.9 Å². The van der Waals surface area contributed by atoms with E-state index in [-0.39, 0.29) is 5.91 Å². The Labute approximate surface area is 117 Å². The number of benzene rings is 2. The van der Waals surface area contributed by atoms with Crippen molar-refractivity contribution in [3.8, 4) is 0 Å². The molecule has 0 aliphatic carbocycles. The fourth-order valence-electron chi connectivity index (χ4n) is 2.37. The predicted molar refractivity (Wildman–Crippen MR) is 77.2 cm³/mol. The highest BCUT2D eigenvalue weighted by atomic mass is 35.5. The van der Waals surface area contributed by atoms with Crippen LogP contribution < -0.4 is 10.0 Å². The first-order valence-electron chi connectivity index (χ1n) is 6.08. The smallest absolute Gasteiger partial charge is 0.242 e. The van der Waals surface area contributed by atoms with E-state index in [1.165, 1.54) is 0 Å². The third-order valence-corrected chi connectivity index (χ3v) is 3.46. The topological polar surface area (TPSA) is 23.6 Å². The van der Waals surface area contributed by atoms with Crippen molar-refractivity contribution >= 4 is 28.9 Å². The fourth-order valence-corrected chi connectivity index (χ4v) is 2.50. The van der Waals surface area contributed by atoms with Crippen LogP contribution in [0, 0.1) is 0 Å². The Balaban J connectivity index is 2.04. The average molecular weight is 273 g/mol. The van der Waals surface area contributed by atoms with Gasteiger partial charge in [-0.1, -0.05) is 29.8 Å². The minimum absolute atomic E-state index is 0.0000926. The molecule has 96 valence electrons. The van der Waals surface area contributed by atoms with Crippen LogP contribution in [0.25, 0.3) is 0 Å². The monoisotopic (exact) mass is 272 g/mol. The Hall–Kier alpha value is -2.00. The van der Waals surface area contributed by atoms with Crippen molar-refractivity contribution in [3.63, 3.8) is 0 Å². The number of halogens is 1. The molecular weight excluding hydrogens is 260 g/mol. The molecule has 1 aliphatic rings. The minimum atomic E-state index is -0.0000926. The van der Waals surface area contributed by atoms with Gasteiger partial charge in [-0.25, -0.2) is 5.01 Å². The van der Waals surface area contributed by atoms with Crippen molar-refractivity contribution in [2.24, 2.45) is 0 Å². The number of fused-ring (bicyclic) bond motifs is 1. The summed E-state index contributed by atoms with van der Waals surface area (Å²) < 4.78 is 0. The Morgan fingerprint density at radius 3 is 2.47 bits per heavy atom. The molecule has 0 aromatic heterocycles. The lowest BCUT2D eigenvalue weighted by Gasteiger charge is -2.29. The highest BCUT2D eigenvalue weighted by Crippen LogP contribution is 2.34. The van der Waals surface area contributed by atoms with Crippen LogP contribution in [-0.4, -0.2) is 5.91 Å². The van der Waals surface area contributed by atoms with Gasteiger partial charge in [-0.15, -0.1) is 0 Å². The first kappa shape index (κ1) is 12.1. The van der Waals surface area contributed by atoms with Gasteiger partial charge in [0.2, 0.25) is 5.91 Å². The Morgan fingerprint density at radius 2 is 1.79 bits per heavy atom. The van der Waals surface area contributed by atoms with Crippen LogP contribution in [-0.2, 0) is 11.3 Å². The van der Waals surface area contributed by atoms with Gasteiger partial charge in [0.05, 0.1) is 17.9 Å². The van der Waals surface area contributed by atoms with Crippen LogP contribution in [0.5, 0.6) is 0 Å². The van der Waals surface area contributed by atoms with Gasteiger partial charge in [-0.05, 0) is 35.9 Å². The first-order valence-corrected chi connectivity index (χ1v) is 6.46. The zero-order valence-corrected chi connectivity index (χ0v) is 11.3. The molecule has 0 saturated carbocycles. The zero-order chi connectivity index (χ0) is 13.4. The molecule has 2 aromatic carbocycles. The maximum atomic E-state index is 11.9. The van der Waals surface area contributed by atoms with Gasteiger partial charge in [0.1, 0.15) is 0 Å². The number of carbonyl (C=O) groups is 1. The second-order valence-electron chi connectivity index (χ2n) is 4.49. The summed E-state index contributed by atoms with van der Waals surface area (Å²) in [5.74, 6) is -0.0000926. The van der Waals surface area contributed by atoms with Gasteiger partial charge in [0.15, 0.2) is 0 Å². The Morgan fingerprint density at radius 1 is 1.11 bits per heavy atom. The van der Waals surface area contributed by atoms with Gasteiger partial charge in [-0.2, -0.15) is 0 Å². The molecule has 3 nitrogen and oxygen atoms in total. The molecule has 0 bridgehead atoms. The number of rotatable bonds is 1. The molecule has 0 spiro atoms. The van der Waals surface area contributed by atoms with Crippen molar-refractivity contribution in [2.75, 3.05) is 10.0 Å². The third-order valence-electron chi connectivity index (χ3n) is 3.20. The molecule has 1 aliphatic heterocycles. The van der Waals surface area contributed by atoms with E-state index in [9.17, 15) is 4.79 Å². The number of para-hydroxylation sites is 1. The van der Waals surface area contributed by atoms with Crippen molar-refractivity contribution in [3.05, 3.63) is 59.1 Å². The van der Waals surface area contributed by atoms with Crippen LogP contribution >= 0.6 is 11.6 Å². The number of hydrazine groups is 1. The molecule has 0 radical (unpaired) electrons. The molecule has 1 amide bonds. The molecule has 3 rings (SSSR count). The summed E-state index contributed by atoms with van der Waals surface area (Å²) in [6, 6.07) is 15.4. The van der Waals surface area contributed by atoms with Crippen molar-refractivity contribution in [1.29, 1.82) is 0 Å². The summed E-state index contributed by atoms with van der Waals surface area (Å²) in [6.07, 6.45) is 0. The number of nitrogens with zero attached hydrogens (tertiary/aromatic N) is 2. The van der Waals surface area contributed by atoms with Gasteiger partial charge in [0.25, 0.3) is 0 Å². The Bertz CT molecular complexity index is 624. The van der Waals surface area contributed by atoms with E-state index in [0.717, 1.165) is 16.9 Å². The minimum Gasteiger partial charge on any atom is -0.274 e. The molecule has 0 fully saturated rings. The summed E-state index contributed by atoms with van der Waals surface area (Å²) in [5.41, 5.74) is 3.05. The molecule has 0 N–H and O–H groups in total. The SMILES string of the molecule is CC(=O)N1c2ccccc2CN1c1ccc(Cl)cc1. The van der Waals surface area contributed by atoms with Gasteiger partial charge in [0, 0.05) is 11.9 Å². The van der Waals surface area contributed by atoms with Crippen LogP contribution in [0.15, 0.2) is 48.5 Å². The highest BCUT2D eigenvalue weighted by Gasteiger charge is 2.29. The molecule has 2 aromatic rings. The largest absolute Gasteiger partial charge is 0.274 e. The first-order chi connectivity index (χ1) is 9.16. The van der Waals surface area contributed by atoms with Crippen molar-refractivity contribution in [1.82, 2.24) is 0 Å². The average Bonchev–Trinajstić information content (AvgIpc) is 2.78. The molecule has 1 heterocycles. The van der Waals surface area contributed by atoms with Gasteiger partial charge >= 0.3 is 0 Å². The van der Waals surface area contributed by atoms with E-state index in [1.807, 2.05) is 53.5 Å². The number of anilines is 2. The molecular formula is C15H13ClN2O. The normalized spacial score (nSPS) is 13.6. The summed E-state index contributed by atoms with van der Waals surface area (Å²) in [7, 11) is 0. The standard InChI is InChI=1S/C15H13ClN2O/c1-11(19)18-15-5-3-2-4-12(15)10-17(18)14-8-6-13(16)7-9-14/h2-9H,10H2,1H3. The van der Waals surface area contributed by atoms with Crippen LogP contribution in [0.3, 0.4) is 0 Å². The lowest BCUT2D eigenvalue weighted by atomic mass is 10.2. The lowest BCUT2D eigenvalue weighted by molar-refractivity contribution is -0.116. The summed E-state index contributed by atoms with van der Waals surface area (Å²) in [4.78, 5) is 11.9. The van der Waals surface area contributed by atoms with E-state index in [2.05, 4.69) is 0 Å². The fraction of sp³-hybridized carbons (Fsp3) is 0.133. The highest BCUT2D eigenvalue weighted by molar-refractivity contribution is 6.30. The maximum absolute atomic E-state index is 11.9. The van der Waals surface area contributed by atoms with Crippen molar-refractivity contribution in [2.45, 2.75) is 13.5 Å². The zero-order valence-electron chi connectivity index (χ0n) is 10.5. The molecule has 0 saturated heterocycles. The molecule has 4 heteroatoms. The number of hydrogen-bond donors (Lipinski definition) is 0. The summed E-state index contributed by atoms with van der Waals surface area (Å²) in [6.45, 7) is 2.27. The third kappa shape index (κ3) is 2.06. The number of hydrogen-bond acceptors (Lipinski definition) is 2. The van der Waals surface area contributed by atoms with E-state index in [4.69, 9.17) is 11.6 Å². The summed E-state index contributed by atoms with van der Waals surface area (Å²) in [5, 5.41) is 4.36. The number of carbonyl (C=O) groups excluding carboxylic acids is 1. The second kappa shape index (κ2) is 4.59. The quantitative estimate of drug-likeness (QED) is 0.791. The molecule has 0 unspecified atom stereocenters.